The lowest BCUT2D eigenvalue weighted by molar-refractivity contribution is 0.102. The molecule has 2 aromatic rings. The van der Waals surface area contributed by atoms with Crippen LogP contribution in [0.25, 0.3) is 0 Å². The maximum absolute atomic E-state index is 12.5. The number of anilines is 1. The van der Waals surface area contributed by atoms with E-state index in [0.29, 0.717) is 17.9 Å². The molecule has 0 saturated heterocycles. The number of carbonyl (C=O) groups excluding carboxylic acids is 1. The Labute approximate surface area is 147 Å². The molecule has 1 amide bonds. The van der Waals surface area contributed by atoms with Crippen molar-refractivity contribution >= 4 is 43.5 Å². The summed E-state index contributed by atoms with van der Waals surface area (Å²) in [5, 5.41) is 2.89. The van der Waals surface area contributed by atoms with Crippen molar-refractivity contribution in [3.63, 3.8) is 0 Å². The van der Waals surface area contributed by atoms with Crippen molar-refractivity contribution in [2.45, 2.75) is 19.8 Å². The maximum atomic E-state index is 12.5. The second-order valence-corrected chi connectivity index (χ2v) is 6.64. The lowest BCUT2D eigenvalue weighted by Crippen LogP contribution is -2.14. The topological polar surface area (TPSA) is 38.3 Å². The van der Waals surface area contributed by atoms with E-state index < -0.39 is 0 Å². The number of carbonyl (C=O) groups is 1. The van der Waals surface area contributed by atoms with Crippen molar-refractivity contribution < 1.29 is 9.53 Å². The van der Waals surface area contributed by atoms with Gasteiger partial charge < -0.3 is 10.1 Å². The molecule has 0 bridgehead atoms. The summed E-state index contributed by atoms with van der Waals surface area (Å²) in [7, 11) is 0. The molecule has 0 radical (unpaired) electrons. The van der Waals surface area contributed by atoms with E-state index in [1.807, 2.05) is 36.4 Å². The number of hydrogen-bond donors (Lipinski definition) is 1. The number of ether oxygens (including phenoxy) is 1. The molecule has 2 aromatic carbocycles. The Balaban J connectivity index is 2.18. The Morgan fingerprint density at radius 3 is 2.64 bits per heavy atom. The van der Waals surface area contributed by atoms with Gasteiger partial charge in [0, 0.05) is 14.6 Å². The van der Waals surface area contributed by atoms with Crippen LogP contribution in [0.15, 0.2) is 51.4 Å². The standard InChI is InChI=1S/C17H17Br2NO2/c1-2-3-9-22-16-8-7-13(19)11-15(16)17(21)20-14-6-4-5-12(18)10-14/h4-8,10-11H,2-3,9H2,1H3,(H,20,21). The number of rotatable bonds is 6. The van der Waals surface area contributed by atoms with E-state index >= 15 is 0 Å². The molecule has 0 aromatic heterocycles. The van der Waals surface area contributed by atoms with Gasteiger partial charge in [0.25, 0.3) is 5.91 Å². The zero-order valence-electron chi connectivity index (χ0n) is 12.2. The van der Waals surface area contributed by atoms with Crippen LogP contribution in [0.5, 0.6) is 5.75 Å². The first-order chi connectivity index (χ1) is 10.6. The molecule has 5 heteroatoms. The number of hydrogen-bond acceptors (Lipinski definition) is 2. The van der Waals surface area contributed by atoms with E-state index in [4.69, 9.17) is 4.74 Å². The average Bonchev–Trinajstić information content (AvgIpc) is 2.49. The van der Waals surface area contributed by atoms with Gasteiger partial charge in [-0.1, -0.05) is 51.3 Å². The summed E-state index contributed by atoms with van der Waals surface area (Å²) < 4.78 is 7.48. The molecule has 0 atom stereocenters. The minimum Gasteiger partial charge on any atom is -0.493 e. The molecular weight excluding hydrogens is 410 g/mol. The van der Waals surface area contributed by atoms with E-state index in [2.05, 4.69) is 44.1 Å². The largest absolute Gasteiger partial charge is 0.493 e. The fourth-order valence-corrected chi connectivity index (χ4v) is 2.66. The van der Waals surface area contributed by atoms with Crippen LogP contribution in [0.4, 0.5) is 5.69 Å². The van der Waals surface area contributed by atoms with E-state index in [1.165, 1.54) is 0 Å². The summed E-state index contributed by atoms with van der Waals surface area (Å²) in [6.45, 7) is 2.71. The number of nitrogens with one attached hydrogen (secondary N) is 1. The first-order valence-electron chi connectivity index (χ1n) is 7.09. The Kier molecular flexibility index (Phi) is 6.46. The lowest BCUT2D eigenvalue weighted by atomic mass is 10.2. The highest BCUT2D eigenvalue weighted by Gasteiger charge is 2.14. The van der Waals surface area contributed by atoms with Gasteiger partial charge in [0.1, 0.15) is 5.75 Å². The molecule has 1 N–H and O–H groups in total. The lowest BCUT2D eigenvalue weighted by Gasteiger charge is -2.12. The highest BCUT2D eigenvalue weighted by molar-refractivity contribution is 9.10. The summed E-state index contributed by atoms with van der Waals surface area (Å²) >= 11 is 6.79. The average molecular weight is 427 g/mol. The van der Waals surface area contributed by atoms with Crippen LogP contribution < -0.4 is 10.1 Å². The van der Waals surface area contributed by atoms with Crippen molar-refractivity contribution in [1.29, 1.82) is 0 Å². The smallest absolute Gasteiger partial charge is 0.259 e. The third-order valence-electron chi connectivity index (χ3n) is 3.02. The molecule has 22 heavy (non-hydrogen) atoms. The summed E-state index contributed by atoms with van der Waals surface area (Å²) in [6, 6.07) is 12.9. The predicted molar refractivity (Wildman–Crippen MR) is 96.6 cm³/mol. The van der Waals surface area contributed by atoms with Gasteiger partial charge in [0.15, 0.2) is 0 Å². The monoisotopic (exact) mass is 425 g/mol. The molecule has 0 unspecified atom stereocenters. The third kappa shape index (κ3) is 4.85. The molecule has 0 spiro atoms. The van der Waals surface area contributed by atoms with Gasteiger partial charge in [-0.2, -0.15) is 0 Å². The van der Waals surface area contributed by atoms with E-state index in [1.54, 1.807) is 6.07 Å². The predicted octanol–water partition coefficient (Wildman–Crippen LogP) is 5.64. The third-order valence-corrected chi connectivity index (χ3v) is 4.01. The van der Waals surface area contributed by atoms with E-state index in [9.17, 15) is 4.79 Å². The van der Waals surface area contributed by atoms with E-state index in [0.717, 1.165) is 27.5 Å². The van der Waals surface area contributed by atoms with Crippen LogP contribution in [0.2, 0.25) is 0 Å². The maximum Gasteiger partial charge on any atom is 0.259 e. The minimum absolute atomic E-state index is 0.189. The minimum atomic E-state index is -0.189. The Morgan fingerprint density at radius 1 is 1.14 bits per heavy atom. The molecular formula is C17H17Br2NO2. The van der Waals surface area contributed by atoms with Crippen molar-refractivity contribution in [2.24, 2.45) is 0 Å². The normalized spacial score (nSPS) is 10.3. The quantitative estimate of drug-likeness (QED) is 0.606. The molecule has 116 valence electrons. The summed E-state index contributed by atoms with van der Waals surface area (Å²) in [5.41, 5.74) is 1.25. The van der Waals surface area contributed by atoms with Gasteiger partial charge in [0.05, 0.1) is 12.2 Å². The second kappa shape index (κ2) is 8.34. The van der Waals surface area contributed by atoms with Crippen LogP contribution in [0.3, 0.4) is 0 Å². The number of unbranched alkanes of at least 4 members (excludes halogenated alkanes) is 1. The molecule has 2 rings (SSSR count). The first kappa shape index (κ1) is 17.0. The summed E-state index contributed by atoms with van der Waals surface area (Å²) in [6.07, 6.45) is 2.01. The van der Waals surface area contributed by atoms with Gasteiger partial charge in [-0.05, 0) is 42.8 Å². The van der Waals surface area contributed by atoms with Crippen LogP contribution in [-0.2, 0) is 0 Å². The fourth-order valence-electron chi connectivity index (χ4n) is 1.90. The van der Waals surface area contributed by atoms with Crippen LogP contribution >= 0.6 is 31.9 Å². The Morgan fingerprint density at radius 2 is 1.91 bits per heavy atom. The summed E-state index contributed by atoms with van der Waals surface area (Å²) in [5.74, 6) is 0.412. The van der Waals surface area contributed by atoms with Crippen LogP contribution in [0.1, 0.15) is 30.1 Å². The van der Waals surface area contributed by atoms with Crippen LogP contribution in [0, 0.1) is 0 Å². The number of benzene rings is 2. The highest BCUT2D eigenvalue weighted by Crippen LogP contribution is 2.25. The Bertz CT molecular complexity index is 659. The highest BCUT2D eigenvalue weighted by atomic mass is 79.9. The molecule has 0 aliphatic rings. The first-order valence-corrected chi connectivity index (χ1v) is 8.68. The van der Waals surface area contributed by atoms with Crippen LogP contribution in [-0.4, -0.2) is 12.5 Å². The van der Waals surface area contributed by atoms with Gasteiger partial charge in [-0.25, -0.2) is 0 Å². The molecule has 0 aliphatic heterocycles. The molecule has 0 saturated carbocycles. The molecule has 0 fully saturated rings. The van der Waals surface area contributed by atoms with Crippen molar-refractivity contribution in [2.75, 3.05) is 11.9 Å². The number of amides is 1. The zero-order valence-corrected chi connectivity index (χ0v) is 15.4. The van der Waals surface area contributed by atoms with Gasteiger partial charge >= 0.3 is 0 Å². The zero-order chi connectivity index (χ0) is 15.9. The van der Waals surface area contributed by atoms with Crippen molar-refractivity contribution in [3.05, 3.63) is 57.0 Å². The van der Waals surface area contributed by atoms with E-state index in [-0.39, 0.29) is 5.91 Å². The fraction of sp³-hybridized carbons (Fsp3) is 0.235. The number of halogens is 2. The Hall–Kier alpha value is -1.33. The molecule has 3 nitrogen and oxygen atoms in total. The van der Waals surface area contributed by atoms with Gasteiger partial charge in [-0.3, -0.25) is 4.79 Å². The summed E-state index contributed by atoms with van der Waals surface area (Å²) in [4.78, 5) is 12.5. The van der Waals surface area contributed by atoms with Crippen molar-refractivity contribution in [1.82, 2.24) is 0 Å². The van der Waals surface area contributed by atoms with Gasteiger partial charge in [-0.15, -0.1) is 0 Å². The van der Waals surface area contributed by atoms with Gasteiger partial charge in [0.2, 0.25) is 0 Å². The molecule has 0 heterocycles. The van der Waals surface area contributed by atoms with Crippen molar-refractivity contribution in [3.8, 4) is 5.75 Å². The second-order valence-electron chi connectivity index (χ2n) is 4.81. The molecule has 0 aliphatic carbocycles. The SMILES string of the molecule is CCCCOc1ccc(Br)cc1C(=O)Nc1cccc(Br)c1.